The van der Waals surface area contributed by atoms with Crippen LogP contribution < -0.4 is 10.0 Å². The molecule has 2 heterocycles. The molecule has 2 N–H and O–H groups in total. The molecule has 5 nitrogen and oxygen atoms in total. The molecule has 1 fully saturated rings. The number of thiophene rings is 1. The summed E-state index contributed by atoms with van der Waals surface area (Å²) in [6.45, 7) is 6.20. The highest BCUT2D eigenvalue weighted by Crippen LogP contribution is 2.22. The van der Waals surface area contributed by atoms with E-state index in [0.29, 0.717) is 16.7 Å². The first-order valence-corrected chi connectivity index (χ1v) is 9.29. The zero-order valence-corrected chi connectivity index (χ0v) is 13.7. The molecule has 1 aromatic rings. The summed E-state index contributed by atoms with van der Waals surface area (Å²) in [5.41, 5.74) is 0. The van der Waals surface area contributed by atoms with Crippen molar-refractivity contribution < 1.29 is 8.42 Å². The summed E-state index contributed by atoms with van der Waals surface area (Å²) in [6, 6.07) is 3.58. The quantitative estimate of drug-likeness (QED) is 0.790. The van der Waals surface area contributed by atoms with Crippen LogP contribution in [0.1, 0.15) is 18.2 Å². The second-order valence-electron chi connectivity index (χ2n) is 5.27. The average molecular weight is 317 g/mol. The van der Waals surface area contributed by atoms with Crippen molar-refractivity contribution in [3.63, 3.8) is 0 Å². The molecule has 0 spiro atoms. The summed E-state index contributed by atoms with van der Waals surface area (Å²) in [4.78, 5) is 3.28. The standard InChI is InChI=1S/C13H23N3O2S2/c1-3-14-9-12-4-5-13(19-12)20(17,18)15-8-11-6-7-16(2)10-11/h4-5,11,14-15H,3,6-10H2,1-2H3. The van der Waals surface area contributed by atoms with Gasteiger partial charge in [0, 0.05) is 24.5 Å². The van der Waals surface area contributed by atoms with Crippen molar-refractivity contribution in [3.8, 4) is 0 Å². The first-order valence-electron chi connectivity index (χ1n) is 6.99. The van der Waals surface area contributed by atoms with E-state index in [4.69, 9.17) is 0 Å². The summed E-state index contributed by atoms with van der Waals surface area (Å²) in [7, 11) is -1.28. The predicted octanol–water partition coefficient (Wildman–Crippen LogP) is 1.09. The molecular weight excluding hydrogens is 294 g/mol. The molecule has 20 heavy (non-hydrogen) atoms. The molecule has 0 bridgehead atoms. The van der Waals surface area contributed by atoms with Gasteiger partial charge in [0.2, 0.25) is 10.0 Å². The Labute approximate surface area is 125 Å². The van der Waals surface area contributed by atoms with E-state index in [1.165, 1.54) is 11.3 Å². The van der Waals surface area contributed by atoms with Gasteiger partial charge in [-0.25, -0.2) is 13.1 Å². The van der Waals surface area contributed by atoms with E-state index >= 15 is 0 Å². The molecular formula is C13H23N3O2S2. The Kier molecular flexibility index (Phi) is 5.57. The van der Waals surface area contributed by atoms with Gasteiger partial charge in [-0.3, -0.25) is 0 Å². The van der Waals surface area contributed by atoms with Gasteiger partial charge in [0.1, 0.15) is 4.21 Å². The highest BCUT2D eigenvalue weighted by molar-refractivity contribution is 7.91. The minimum atomic E-state index is -3.35. The van der Waals surface area contributed by atoms with Gasteiger partial charge in [-0.1, -0.05) is 6.92 Å². The van der Waals surface area contributed by atoms with Crippen molar-refractivity contribution in [2.75, 3.05) is 33.2 Å². The van der Waals surface area contributed by atoms with Gasteiger partial charge in [-0.05, 0) is 44.6 Å². The van der Waals surface area contributed by atoms with Crippen molar-refractivity contribution in [2.24, 2.45) is 5.92 Å². The third-order valence-corrected chi connectivity index (χ3v) is 6.50. The molecule has 114 valence electrons. The lowest BCUT2D eigenvalue weighted by atomic mass is 10.1. The molecule has 1 aromatic heterocycles. The van der Waals surface area contributed by atoms with Crippen LogP contribution in [0.3, 0.4) is 0 Å². The molecule has 0 aliphatic carbocycles. The number of nitrogens with one attached hydrogen (secondary N) is 2. The van der Waals surface area contributed by atoms with Crippen molar-refractivity contribution >= 4 is 21.4 Å². The Morgan fingerprint density at radius 2 is 2.25 bits per heavy atom. The fourth-order valence-electron chi connectivity index (χ4n) is 2.34. The SMILES string of the molecule is CCNCc1ccc(S(=O)(=O)NCC2CCN(C)C2)s1. The molecule has 1 atom stereocenters. The molecule has 7 heteroatoms. The van der Waals surface area contributed by atoms with Crippen LogP contribution in [0.15, 0.2) is 16.3 Å². The number of hydrogen-bond acceptors (Lipinski definition) is 5. The largest absolute Gasteiger partial charge is 0.312 e. The van der Waals surface area contributed by atoms with Crippen LogP contribution in [0.5, 0.6) is 0 Å². The van der Waals surface area contributed by atoms with Gasteiger partial charge in [0.05, 0.1) is 0 Å². The zero-order valence-electron chi connectivity index (χ0n) is 12.1. The number of rotatable bonds is 7. The fourth-order valence-corrected chi connectivity index (χ4v) is 4.82. The van der Waals surface area contributed by atoms with E-state index < -0.39 is 10.0 Å². The second kappa shape index (κ2) is 7.00. The molecule has 0 aromatic carbocycles. The lowest BCUT2D eigenvalue weighted by Crippen LogP contribution is -2.30. The van der Waals surface area contributed by atoms with Crippen molar-refractivity contribution in [1.29, 1.82) is 0 Å². The summed E-state index contributed by atoms with van der Waals surface area (Å²) < 4.78 is 27.6. The van der Waals surface area contributed by atoms with Crippen molar-refractivity contribution in [1.82, 2.24) is 14.9 Å². The first kappa shape index (κ1) is 15.9. The van der Waals surface area contributed by atoms with Crippen LogP contribution in [0.4, 0.5) is 0 Å². The molecule has 1 aliphatic rings. The Bertz CT molecular complexity index is 527. The summed E-state index contributed by atoms with van der Waals surface area (Å²) >= 11 is 1.34. The van der Waals surface area contributed by atoms with E-state index in [1.54, 1.807) is 6.07 Å². The topological polar surface area (TPSA) is 61.4 Å². The summed E-state index contributed by atoms with van der Waals surface area (Å²) in [5, 5.41) is 3.20. The average Bonchev–Trinajstić information content (AvgIpc) is 3.03. The van der Waals surface area contributed by atoms with Gasteiger partial charge < -0.3 is 10.2 Å². The molecule has 0 radical (unpaired) electrons. The first-order chi connectivity index (χ1) is 9.51. The maximum absolute atomic E-state index is 12.2. The van der Waals surface area contributed by atoms with Gasteiger partial charge in [0.15, 0.2) is 0 Å². The van der Waals surface area contributed by atoms with Gasteiger partial charge in [-0.15, -0.1) is 11.3 Å². The number of hydrogen-bond donors (Lipinski definition) is 2. The maximum Gasteiger partial charge on any atom is 0.250 e. The van der Waals surface area contributed by atoms with Crippen LogP contribution >= 0.6 is 11.3 Å². The smallest absolute Gasteiger partial charge is 0.250 e. The Morgan fingerprint density at radius 1 is 1.45 bits per heavy atom. The zero-order chi connectivity index (χ0) is 14.6. The highest BCUT2D eigenvalue weighted by Gasteiger charge is 2.23. The van der Waals surface area contributed by atoms with Crippen LogP contribution in [0.2, 0.25) is 0 Å². The fraction of sp³-hybridized carbons (Fsp3) is 0.692. The predicted molar refractivity (Wildman–Crippen MR) is 82.5 cm³/mol. The third-order valence-electron chi connectivity index (χ3n) is 3.50. The Balaban J connectivity index is 1.90. The summed E-state index contributed by atoms with van der Waals surface area (Å²) in [5.74, 6) is 0.427. The van der Waals surface area contributed by atoms with E-state index in [2.05, 4.69) is 22.0 Å². The molecule has 1 saturated heterocycles. The van der Waals surface area contributed by atoms with Gasteiger partial charge >= 0.3 is 0 Å². The minimum Gasteiger partial charge on any atom is -0.312 e. The third kappa shape index (κ3) is 4.26. The molecule has 2 rings (SSSR count). The van der Waals surface area contributed by atoms with E-state index in [1.807, 2.05) is 13.0 Å². The van der Waals surface area contributed by atoms with Crippen LogP contribution in [0.25, 0.3) is 0 Å². The molecule has 0 amide bonds. The number of sulfonamides is 1. The molecule has 1 unspecified atom stereocenters. The van der Waals surface area contributed by atoms with Gasteiger partial charge in [-0.2, -0.15) is 0 Å². The number of nitrogens with zero attached hydrogens (tertiary/aromatic N) is 1. The van der Waals surface area contributed by atoms with Crippen LogP contribution in [0, 0.1) is 5.92 Å². The molecule has 1 aliphatic heterocycles. The van der Waals surface area contributed by atoms with Crippen LogP contribution in [-0.2, 0) is 16.6 Å². The lowest BCUT2D eigenvalue weighted by molar-refractivity contribution is 0.394. The Hall–Kier alpha value is -0.470. The van der Waals surface area contributed by atoms with E-state index in [0.717, 1.165) is 37.5 Å². The van der Waals surface area contributed by atoms with Crippen molar-refractivity contribution in [3.05, 3.63) is 17.0 Å². The highest BCUT2D eigenvalue weighted by atomic mass is 32.2. The second-order valence-corrected chi connectivity index (χ2v) is 8.43. The van der Waals surface area contributed by atoms with E-state index in [-0.39, 0.29) is 0 Å². The maximum atomic E-state index is 12.2. The normalized spacial score (nSPS) is 20.6. The minimum absolute atomic E-state index is 0.414. The summed E-state index contributed by atoms with van der Waals surface area (Å²) in [6.07, 6.45) is 1.06. The number of likely N-dealkylation sites (tertiary alicyclic amines) is 1. The molecule has 0 saturated carbocycles. The van der Waals surface area contributed by atoms with Crippen molar-refractivity contribution in [2.45, 2.75) is 24.1 Å². The van der Waals surface area contributed by atoms with Gasteiger partial charge in [0.25, 0.3) is 0 Å². The monoisotopic (exact) mass is 317 g/mol. The Morgan fingerprint density at radius 3 is 2.90 bits per heavy atom. The lowest BCUT2D eigenvalue weighted by Gasteiger charge is -2.11. The van der Waals surface area contributed by atoms with Crippen LogP contribution in [-0.4, -0.2) is 46.5 Å². The van der Waals surface area contributed by atoms with E-state index in [9.17, 15) is 8.42 Å².